The van der Waals surface area contributed by atoms with Crippen LogP contribution in [0.25, 0.3) is 0 Å². The third-order valence-corrected chi connectivity index (χ3v) is 9.19. The SMILES string of the molecule is CNC(=O)[C@@H](Cc1ccccc1)N(Cc1ccccc1Cl)C(=O)CN(c1cccc(Cl)c1)S(=O)(=O)c1ccc(C)cc1. The van der Waals surface area contributed by atoms with Crippen molar-refractivity contribution in [3.8, 4) is 0 Å². The first-order chi connectivity index (χ1) is 20.1. The molecule has 0 spiro atoms. The van der Waals surface area contributed by atoms with Crippen molar-refractivity contribution >= 4 is 50.7 Å². The number of anilines is 1. The van der Waals surface area contributed by atoms with Gasteiger partial charge in [0.2, 0.25) is 11.8 Å². The van der Waals surface area contributed by atoms with Crippen molar-refractivity contribution in [2.45, 2.75) is 30.8 Å². The molecule has 4 aromatic carbocycles. The number of aryl methyl sites for hydroxylation is 1. The van der Waals surface area contributed by atoms with Crippen molar-refractivity contribution < 1.29 is 18.0 Å². The van der Waals surface area contributed by atoms with Crippen LogP contribution < -0.4 is 9.62 Å². The highest BCUT2D eigenvalue weighted by Gasteiger charge is 2.34. The summed E-state index contributed by atoms with van der Waals surface area (Å²) in [5, 5.41) is 3.39. The number of hydrogen-bond acceptors (Lipinski definition) is 4. The summed E-state index contributed by atoms with van der Waals surface area (Å²) >= 11 is 12.7. The molecular weight excluding hydrogens is 593 g/mol. The molecule has 10 heteroatoms. The van der Waals surface area contributed by atoms with Gasteiger partial charge >= 0.3 is 0 Å². The summed E-state index contributed by atoms with van der Waals surface area (Å²) in [6.45, 7) is 1.26. The molecule has 4 rings (SSSR count). The molecule has 1 atom stereocenters. The van der Waals surface area contributed by atoms with Crippen LogP contribution in [0.5, 0.6) is 0 Å². The molecule has 4 aromatic rings. The third kappa shape index (κ3) is 7.50. The molecule has 0 saturated carbocycles. The van der Waals surface area contributed by atoms with E-state index < -0.39 is 34.4 Å². The second-order valence-electron chi connectivity index (χ2n) is 9.74. The third-order valence-electron chi connectivity index (χ3n) is 6.80. The molecule has 0 saturated heterocycles. The molecule has 0 unspecified atom stereocenters. The first kappa shape index (κ1) is 31.1. The Balaban J connectivity index is 1.80. The molecule has 0 aliphatic rings. The molecule has 0 radical (unpaired) electrons. The van der Waals surface area contributed by atoms with Crippen LogP contribution in [0.1, 0.15) is 16.7 Å². The maximum atomic E-state index is 14.3. The van der Waals surface area contributed by atoms with Gasteiger partial charge in [-0.25, -0.2) is 8.42 Å². The summed E-state index contributed by atoms with van der Waals surface area (Å²) in [5.41, 5.74) is 2.56. The number of likely N-dealkylation sites (N-methyl/N-ethyl adjacent to an activating group) is 1. The summed E-state index contributed by atoms with van der Waals surface area (Å²) in [4.78, 5) is 29.0. The molecule has 7 nitrogen and oxygen atoms in total. The minimum absolute atomic E-state index is 0.0165. The highest BCUT2D eigenvalue weighted by molar-refractivity contribution is 7.92. The van der Waals surface area contributed by atoms with Crippen LogP contribution in [0.2, 0.25) is 10.0 Å². The first-order valence-electron chi connectivity index (χ1n) is 13.2. The van der Waals surface area contributed by atoms with Gasteiger partial charge in [0.15, 0.2) is 0 Å². The van der Waals surface area contributed by atoms with Crippen molar-refractivity contribution in [3.63, 3.8) is 0 Å². The van der Waals surface area contributed by atoms with Crippen molar-refractivity contribution in [1.29, 1.82) is 0 Å². The zero-order chi connectivity index (χ0) is 30.3. The van der Waals surface area contributed by atoms with Crippen molar-refractivity contribution in [1.82, 2.24) is 10.2 Å². The number of nitrogens with one attached hydrogen (secondary N) is 1. The number of nitrogens with zero attached hydrogens (tertiary/aromatic N) is 2. The standard InChI is InChI=1S/C32H31Cl2N3O4S/c1-23-15-17-28(18-16-23)42(40,41)37(27-13-8-12-26(33)20-27)22-31(38)36(21-25-11-6-7-14-29(25)34)30(32(39)35-2)19-24-9-4-3-5-10-24/h3-18,20,30H,19,21-22H2,1-2H3,(H,35,39)/t30-/m1/s1. The molecule has 218 valence electrons. The van der Waals surface area contributed by atoms with E-state index in [9.17, 15) is 18.0 Å². The van der Waals surface area contributed by atoms with Gasteiger partial charge in [-0.1, -0.05) is 95.5 Å². The van der Waals surface area contributed by atoms with Gasteiger partial charge in [-0.05, 0) is 54.4 Å². The van der Waals surface area contributed by atoms with E-state index in [-0.39, 0.29) is 23.5 Å². The summed E-state index contributed by atoms with van der Waals surface area (Å²) in [6, 6.07) is 28.0. The molecule has 0 bridgehead atoms. The van der Waals surface area contributed by atoms with E-state index in [0.29, 0.717) is 15.6 Å². The van der Waals surface area contributed by atoms with Gasteiger partial charge in [0.1, 0.15) is 12.6 Å². The molecule has 0 fully saturated rings. The van der Waals surface area contributed by atoms with Crippen LogP contribution in [0.3, 0.4) is 0 Å². The number of rotatable bonds is 11. The number of carbonyl (C=O) groups is 2. The zero-order valence-corrected chi connectivity index (χ0v) is 25.5. The topological polar surface area (TPSA) is 86.8 Å². The van der Waals surface area contributed by atoms with E-state index in [4.69, 9.17) is 23.2 Å². The second-order valence-corrected chi connectivity index (χ2v) is 12.4. The fourth-order valence-electron chi connectivity index (χ4n) is 4.53. The van der Waals surface area contributed by atoms with Crippen LogP contribution >= 0.6 is 23.2 Å². The van der Waals surface area contributed by atoms with E-state index in [1.54, 1.807) is 54.6 Å². The zero-order valence-electron chi connectivity index (χ0n) is 23.2. The Kier molecular flexibility index (Phi) is 10.3. The summed E-state index contributed by atoms with van der Waals surface area (Å²) in [5.74, 6) is -0.981. The number of benzene rings is 4. The predicted molar refractivity (Wildman–Crippen MR) is 167 cm³/mol. The minimum Gasteiger partial charge on any atom is -0.357 e. The van der Waals surface area contributed by atoms with E-state index in [0.717, 1.165) is 15.4 Å². The lowest BCUT2D eigenvalue weighted by atomic mass is 10.0. The molecule has 0 aromatic heterocycles. The summed E-state index contributed by atoms with van der Waals surface area (Å²) in [7, 11) is -2.71. The first-order valence-corrected chi connectivity index (χ1v) is 15.4. The molecule has 0 aliphatic carbocycles. The van der Waals surface area contributed by atoms with Gasteiger partial charge in [-0.15, -0.1) is 0 Å². The Morgan fingerprint density at radius 1 is 0.857 bits per heavy atom. The van der Waals surface area contributed by atoms with Gasteiger partial charge < -0.3 is 10.2 Å². The summed E-state index contributed by atoms with van der Waals surface area (Å²) in [6.07, 6.45) is 0.207. The highest BCUT2D eigenvalue weighted by Crippen LogP contribution is 2.28. The van der Waals surface area contributed by atoms with Crippen molar-refractivity contribution in [2.24, 2.45) is 0 Å². The van der Waals surface area contributed by atoms with Crippen molar-refractivity contribution in [3.05, 3.63) is 130 Å². The number of carbonyl (C=O) groups excluding carboxylic acids is 2. The Hall–Kier alpha value is -3.85. The Morgan fingerprint density at radius 2 is 1.52 bits per heavy atom. The average Bonchev–Trinajstić information content (AvgIpc) is 2.98. The maximum absolute atomic E-state index is 14.3. The van der Waals surface area contributed by atoms with E-state index in [1.165, 1.54) is 30.1 Å². The van der Waals surface area contributed by atoms with E-state index in [2.05, 4.69) is 5.32 Å². The van der Waals surface area contributed by atoms with Crippen molar-refractivity contribution in [2.75, 3.05) is 17.9 Å². The van der Waals surface area contributed by atoms with Crippen LogP contribution in [-0.4, -0.2) is 44.8 Å². The lowest BCUT2D eigenvalue weighted by Gasteiger charge is -2.33. The predicted octanol–water partition coefficient (Wildman–Crippen LogP) is 5.88. The van der Waals surface area contributed by atoms with Crippen LogP contribution in [0.15, 0.2) is 108 Å². The normalized spacial score (nSPS) is 11.9. The van der Waals surface area contributed by atoms with Gasteiger partial charge in [-0.3, -0.25) is 13.9 Å². The average molecular weight is 625 g/mol. The monoisotopic (exact) mass is 623 g/mol. The lowest BCUT2D eigenvalue weighted by Crippen LogP contribution is -2.53. The number of sulfonamides is 1. The van der Waals surface area contributed by atoms with Gasteiger partial charge in [0.25, 0.3) is 10.0 Å². The van der Waals surface area contributed by atoms with Crippen LogP contribution in [0, 0.1) is 6.92 Å². The second kappa shape index (κ2) is 13.9. The molecule has 0 heterocycles. The molecular formula is C32H31Cl2N3O4S. The Bertz CT molecular complexity index is 1650. The van der Waals surface area contributed by atoms with Gasteiger partial charge in [0.05, 0.1) is 10.6 Å². The molecule has 2 amide bonds. The van der Waals surface area contributed by atoms with Crippen LogP contribution in [0.4, 0.5) is 5.69 Å². The van der Waals surface area contributed by atoms with E-state index in [1.807, 2.05) is 37.3 Å². The Labute approximate surface area is 256 Å². The number of amides is 2. The maximum Gasteiger partial charge on any atom is 0.264 e. The number of hydrogen-bond donors (Lipinski definition) is 1. The fourth-order valence-corrected chi connectivity index (χ4v) is 6.31. The molecule has 1 N–H and O–H groups in total. The summed E-state index contributed by atoms with van der Waals surface area (Å²) < 4.78 is 29.0. The Morgan fingerprint density at radius 3 is 2.17 bits per heavy atom. The van der Waals surface area contributed by atoms with Gasteiger partial charge in [-0.2, -0.15) is 0 Å². The smallest absolute Gasteiger partial charge is 0.264 e. The fraction of sp³-hybridized carbons (Fsp3) is 0.188. The minimum atomic E-state index is -4.21. The van der Waals surface area contributed by atoms with Gasteiger partial charge in [0, 0.05) is 30.1 Å². The highest BCUT2D eigenvalue weighted by atomic mass is 35.5. The quantitative estimate of drug-likeness (QED) is 0.226. The van der Waals surface area contributed by atoms with E-state index >= 15 is 0 Å². The molecule has 42 heavy (non-hydrogen) atoms. The molecule has 0 aliphatic heterocycles. The largest absolute Gasteiger partial charge is 0.357 e. The lowest BCUT2D eigenvalue weighted by molar-refractivity contribution is -0.139. The van der Waals surface area contributed by atoms with Crippen LogP contribution in [-0.2, 0) is 32.6 Å². The number of halogens is 2.